The highest BCUT2D eigenvalue weighted by atomic mass is 127. The number of hydrogen-bond acceptors (Lipinski definition) is 3. The molecule has 1 atom stereocenters. The van der Waals surface area contributed by atoms with E-state index in [9.17, 15) is 18.0 Å². The lowest BCUT2D eigenvalue weighted by Gasteiger charge is -2.19. The van der Waals surface area contributed by atoms with E-state index in [-0.39, 0.29) is 49.0 Å². The van der Waals surface area contributed by atoms with E-state index in [2.05, 4.69) is 26.9 Å². The normalized spacial score (nSPS) is 17.2. The number of nitrogens with zero attached hydrogens (tertiary/aromatic N) is 2. The second kappa shape index (κ2) is 11.9. The second-order valence-corrected chi connectivity index (χ2v) is 6.45. The van der Waals surface area contributed by atoms with E-state index in [4.69, 9.17) is 6.42 Å². The molecule has 0 aliphatic carbocycles. The number of rotatable bonds is 6. The smallest absolute Gasteiger partial charge is 0.357 e. The van der Waals surface area contributed by atoms with Gasteiger partial charge in [-0.05, 0) is 31.5 Å². The molecular weight excluding hydrogens is 498 g/mol. The standard InChI is InChI=1S/C19H24F3N5O.HI/c1-3-14-6-5-7-15(10-14)25-17(28)11-24-18(23-4-2)26-16-8-9-27(12-16)13-19(20,21)22;/h1,5-7,10,16H,4,8-9,11-13H2,2H3,(H,25,28)(H2,23,24,26);1H. The highest BCUT2D eigenvalue weighted by Crippen LogP contribution is 2.19. The zero-order valence-corrected chi connectivity index (χ0v) is 18.4. The largest absolute Gasteiger partial charge is 0.401 e. The van der Waals surface area contributed by atoms with Gasteiger partial charge in [-0.15, -0.1) is 30.4 Å². The van der Waals surface area contributed by atoms with Crippen molar-refractivity contribution >= 4 is 41.5 Å². The lowest BCUT2D eigenvalue weighted by Crippen LogP contribution is -2.45. The highest BCUT2D eigenvalue weighted by molar-refractivity contribution is 14.0. The molecule has 160 valence electrons. The lowest BCUT2D eigenvalue weighted by atomic mass is 10.2. The maximum absolute atomic E-state index is 12.5. The molecule has 0 spiro atoms. The first-order valence-corrected chi connectivity index (χ1v) is 8.99. The molecule has 6 nitrogen and oxygen atoms in total. The average Bonchev–Trinajstić information content (AvgIpc) is 3.05. The predicted octanol–water partition coefficient (Wildman–Crippen LogP) is 2.42. The van der Waals surface area contributed by atoms with Gasteiger partial charge >= 0.3 is 6.18 Å². The van der Waals surface area contributed by atoms with Crippen molar-refractivity contribution in [2.75, 3.05) is 38.0 Å². The fourth-order valence-electron chi connectivity index (χ4n) is 2.90. The van der Waals surface area contributed by atoms with Crippen molar-refractivity contribution in [1.29, 1.82) is 0 Å². The van der Waals surface area contributed by atoms with Crippen LogP contribution in [0.25, 0.3) is 0 Å². The van der Waals surface area contributed by atoms with Gasteiger partial charge in [0.2, 0.25) is 5.91 Å². The minimum Gasteiger partial charge on any atom is -0.357 e. The molecule has 1 aliphatic rings. The van der Waals surface area contributed by atoms with Crippen LogP contribution in [0.4, 0.5) is 18.9 Å². The van der Waals surface area contributed by atoms with Crippen molar-refractivity contribution in [2.45, 2.75) is 25.6 Å². The molecule has 0 bridgehead atoms. The van der Waals surface area contributed by atoms with Gasteiger partial charge in [-0.25, -0.2) is 4.99 Å². The van der Waals surface area contributed by atoms with Crippen molar-refractivity contribution in [3.8, 4) is 12.3 Å². The first-order chi connectivity index (χ1) is 13.3. The van der Waals surface area contributed by atoms with E-state index in [1.807, 2.05) is 6.92 Å². The third-order valence-electron chi connectivity index (χ3n) is 4.05. The Bertz CT molecular complexity index is 748. The summed E-state index contributed by atoms with van der Waals surface area (Å²) in [4.78, 5) is 17.7. The van der Waals surface area contributed by atoms with Gasteiger partial charge in [0.1, 0.15) is 6.54 Å². The van der Waals surface area contributed by atoms with Crippen molar-refractivity contribution in [3.05, 3.63) is 29.8 Å². The molecule has 0 aromatic heterocycles. The molecule has 1 aromatic carbocycles. The summed E-state index contributed by atoms with van der Waals surface area (Å²) < 4.78 is 37.5. The number of aliphatic imine (C=N–C) groups is 1. The van der Waals surface area contributed by atoms with Crippen LogP contribution in [0.5, 0.6) is 0 Å². The Morgan fingerprint density at radius 1 is 1.41 bits per heavy atom. The van der Waals surface area contributed by atoms with E-state index < -0.39 is 12.7 Å². The Balaban J connectivity index is 0.00000420. The summed E-state index contributed by atoms with van der Waals surface area (Å²) in [7, 11) is 0. The lowest BCUT2D eigenvalue weighted by molar-refractivity contribution is -0.143. The number of nitrogens with one attached hydrogen (secondary N) is 3. The van der Waals surface area contributed by atoms with E-state index in [0.29, 0.717) is 36.7 Å². The molecule has 1 aromatic rings. The van der Waals surface area contributed by atoms with Crippen LogP contribution in [0.15, 0.2) is 29.3 Å². The number of carbonyl (C=O) groups is 1. The Morgan fingerprint density at radius 3 is 2.83 bits per heavy atom. The quantitative estimate of drug-likeness (QED) is 0.232. The van der Waals surface area contributed by atoms with Crippen molar-refractivity contribution in [3.63, 3.8) is 0 Å². The van der Waals surface area contributed by atoms with Crippen LogP contribution >= 0.6 is 24.0 Å². The van der Waals surface area contributed by atoms with E-state index in [0.717, 1.165) is 0 Å². The fraction of sp³-hybridized carbons (Fsp3) is 0.474. The molecule has 1 amide bonds. The first kappa shape index (κ1) is 25.0. The number of benzene rings is 1. The molecule has 1 saturated heterocycles. The predicted molar refractivity (Wildman–Crippen MR) is 118 cm³/mol. The molecule has 29 heavy (non-hydrogen) atoms. The average molecular weight is 523 g/mol. The molecule has 1 heterocycles. The topological polar surface area (TPSA) is 68.8 Å². The summed E-state index contributed by atoms with van der Waals surface area (Å²) >= 11 is 0. The maximum Gasteiger partial charge on any atom is 0.401 e. The van der Waals surface area contributed by atoms with Gasteiger partial charge in [-0.3, -0.25) is 9.69 Å². The highest BCUT2D eigenvalue weighted by Gasteiger charge is 2.34. The van der Waals surface area contributed by atoms with Crippen molar-refractivity contribution < 1.29 is 18.0 Å². The van der Waals surface area contributed by atoms with Crippen LogP contribution in [-0.2, 0) is 4.79 Å². The van der Waals surface area contributed by atoms with Crippen LogP contribution in [0.1, 0.15) is 18.9 Å². The first-order valence-electron chi connectivity index (χ1n) is 8.99. The van der Waals surface area contributed by atoms with Crippen LogP contribution in [0.2, 0.25) is 0 Å². The molecule has 1 fully saturated rings. The van der Waals surface area contributed by atoms with Gasteiger partial charge in [-0.1, -0.05) is 12.0 Å². The van der Waals surface area contributed by atoms with Crippen molar-refractivity contribution in [1.82, 2.24) is 15.5 Å². The van der Waals surface area contributed by atoms with E-state index >= 15 is 0 Å². The van der Waals surface area contributed by atoms with Crippen LogP contribution < -0.4 is 16.0 Å². The fourth-order valence-corrected chi connectivity index (χ4v) is 2.90. The van der Waals surface area contributed by atoms with Crippen molar-refractivity contribution in [2.24, 2.45) is 4.99 Å². The number of amides is 1. The Labute approximate surface area is 185 Å². The second-order valence-electron chi connectivity index (χ2n) is 6.45. The summed E-state index contributed by atoms with van der Waals surface area (Å²) in [5.74, 6) is 2.57. The molecule has 0 radical (unpaired) electrons. The zero-order chi connectivity index (χ0) is 20.6. The monoisotopic (exact) mass is 523 g/mol. The maximum atomic E-state index is 12.5. The van der Waals surface area contributed by atoms with Gasteiger partial charge in [0, 0.05) is 36.9 Å². The number of likely N-dealkylation sites (tertiary alicyclic amines) is 1. The van der Waals surface area contributed by atoms with E-state index in [1.54, 1.807) is 24.3 Å². The van der Waals surface area contributed by atoms with Gasteiger partial charge in [0.05, 0.1) is 6.54 Å². The van der Waals surface area contributed by atoms with E-state index in [1.165, 1.54) is 4.90 Å². The number of hydrogen-bond donors (Lipinski definition) is 3. The minimum absolute atomic E-state index is 0. The van der Waals surface area contributed by atoms with Gasteiger partial charge in [0.25, 0.3) is 0 Å². The minimum atomic E-state index is -4.21. The van der Waals surface area contributed by atoms with Gasteiger partial charge in [-0.2, -0.15) is 13.2 Å². The molecule has 3 N–H and O–H groups in total. The molecule has 1 aliphatic heterocycles. The van der Waals surface area contributed by atoms with Crippen LogP contribution in [0, 0.1) is 12.3 Å². The van der Waals surface area contributed by atoms with Gasteiger partial charge in [0.15, 0.2) is 5.96 Å². The third-order valence-corrected chi connectivity index (χ3v) is 4.05. The summed E-state index contributed by atoms with van der Waals surface area (Å²) in [5, 5.41) is 8.81. The number of terminal acetylenes is 1. The molecule has 0 saturated carbocycles. The van der Waals surface area contributed by atoms with Crippen LogP contribution in [0.3, 0.4) is 0 Å². The Kier molecular flexibility index (Phi) is 10.2. The summed E-state index contributed by atoms with van der Waals surface area (Å²) in [6.07, 6.45) is 1.70. The molecule has 2 rings (SSSR count). The number of alkyl halides is 3. The summed E-state index contributed by atoms with van der Waals surface area (Å²) in [6, 6.07) is 6.74. The van der Waals surface area contributed by atoms with Gasteiger partial charge < -0.3 is 16.0 Å². The Hall–Kier alpha value is -2.00. The zero-order valence-electron chi connectivity index (χ0n) is 16.1. The number of carbonyl (C=O) groups excluding carboxylic acids is 1. The SMILES string of the molecule is C#Cc1cccc(NC(=O)CN=C(NCC)NC2CCN(CC(F)(F)F)C2)c1.I. The third kappa shape index (κ3) is 9.36. The number of halogens is 4. The Morgan fingerprint density at radius 2 is 2.17 bits per heavy atom. The molecular formula is C19H25F3IN5O. The number of anilines is 1. The summed E-state index contributed by atoms with van der Waals surface area (Å²) in [6.45, 7) is 2.02. The molecule has 1 unspecified atom stereocenters. The summed E-state index contributed by atoms with van der Waals surface area (Å²) in [5.41, 5.74) is 1.23. The molecule has 10 heteroatoms. The number of guanidine groups is 1. The van der Waals surface area contributed by atoms with Crippen LogP contribution in [-0.4, -0.2) is 61.7 Å².